The van der Waals surface area contributed by atoms with Crippen molar-refractivity contribution in [2.75, 3.05) is 18.0 Å². The van der Waals surface area contributed by atoms with Crippen molar-refractivity contribution < 1.29 is 0 Å². The molecular formula is C18H28N2. The second-order valence-electron chi connectivity index (χ2n) is 6.71. The Kier molecular flexibility index (Phi) is 4.62. The highest BCUT2D eigenvalue weighted by molar-refractivity contribution is 5.48. The van der Waals surface area contributed by atoms with Crippen LogP contribution in [0, 0.1) is 5.92 Å². The zero-order valence-corrected chi connectivity index (χ0v) is 12.8. The largest absolute Gasteiger partial charge is 0.372 e. The van der Waals surface area contributed by atoms with Crippen molar-refractivity contribution in [1.29, 1.82) is 0 Å². The second kappa shape index (κ2) is 6.62. The van der Waals surface area contributed by atoms with Crippen LogP contribution in [0.4, 0.5) is 5.69 Å². The van der Waals surface area contributed by atoms with Crippen LogP contribution in [-0.4, -0.2) is 19.1 Å². The molecule has 2 nitrogen and oxygen atoms in total. The molecule has 0 amide bonds. The van der Waals surface area contributed by atoms with Gasteiger partial charge in [0.2, 0.25) is 0 Å². The molecule has 1 N–H and O–H groups in total. The highest BCUT2D eigenvalue weighted by Gasteiger charge is 2.18. The Morgan fingerprint density at radius 3 is 2.50 bits per heavy atom. The topological polar surface area (TPSA) is 15.3 Å². The summed E-state index contributed by atoms with van der Waals surface area (Å²) in [5.74, 6) is 0.902. The Bertz CT molecular complexity index is 406. The van der Waals surface area contributed by atoms with Crippen LogP contribution in [0.15, 0.2) is 24.3 Å². The van der Waals surface area contributed by atoms with Crippen LogP contribution in [-0.2, 0) is 6.54 Å². The fraction of sp³-hybridized carbons (Fsp3) is 0.667. The maximum absolute atomic E-state index is 3.74. The van der Waals surface area contributed by atoms with Crippen molar-refractivity contribution >= 4 is 5.69 Å². The number of anilines is 1. The molecule has 0 aromatic heterocycles. The van der Waals surface area contributed by atoms with Gasteiger partial charge in [0.15, 0.2) is 0 Å². The van der Waals surface area contributed by atoms with Crippen LogP contribution < -0.4 is 10.2 Å². The third-order valence-electron chi connectivity index (χ3n) is 4.94. The molecule has 110 valence electrons. The first-order valence-electron chi connectivity index (χ1n) is 8.38. The van der Waals surface area contributed by atoms with Gasteiger partial charge in [-0.25, -0.2) is 0 Å². The summed E-state index contributed by atoms with van der Waals surface area (Å²) in [5, 5.41) is 3.74. The predicted molar refractivity (Wildman–Crippen MR) is 86.1 cm³/mol. The minimum Gasteiger partial charge on any atom is -0.372 e. The van der Waals surface area contributed by atoms with Gasteiger partial charge in [-0.2, -0.15) is 0 Å². The van der Waals surface area contributed by atoms with Gasteiger partial charge in [0.25, 0.3) is 0 Å². The number of nitrogens with zero attached hydrogens (tertiary/aromatic N) is 1. The third kappa shape index (κ3) is 3.54. The van der Waals surface area contributed by atoms with Crippen LogP contribution in [0.25, 0.3) is 0 Å². The normalized spacial score (nSPS) is 26.9. The van der Waals surface area contributed by atoms with Gasteiger partial charge in [0.05, 0.1) is 0 Å². The number of rotatable bonds is 4. The quantitative estimate of drug-likeness (QED) is 0.892. The van der Waals surface area contributed by atoms with E-state index < -0.39 is 0 Å². The third-order valence-corrected chi connectivity index (χ3v) is 4.94. The van der Waals surface area contributed by atoms with Gasteiger partial charge < -0.3 is 10.2 Å². The smallest absolute Gasteiger partial charge is 0.0366 e. The van der Waals surface area contributed by atoms with E-state index in [1.54, 1.807) is 0 Å². The lowest BCUT2D eigenvalue weighted by Gasteiger charge is -2.27. The standard InChI is InChI=1S/C18H28N2/c1-15-5-4-6-17(13-15)19-14-16-7-9-18(10-8-16)20-11-2-3-12-20/h7-10,15,17,19H,2-6,11-14H2,1H3. The van der Waals surface area contributed by atoms with E-state index in [9.17, 15) is 0 Å². The Labute approximate surface area is 123 Å². The van der Waals surface area contributed by atoms with Crippen molar-refractivity contribution in [2.24, 2.45) is 5.92 Å². The number of nitrogens with one attached hydrogen (secondary N) is 1. The molecule has 20 heavy (non-hydrogen) atoms. The van der Waals surface area contributed by atoms with Crippen LogP contribution in [0.1, 0.15) is 51.0 Å². The van der Waals surface area contributed by atoms with E-state index in [0.717, 1.165) is 18.5 Å². The molecule has 1 saturated heterocycles. The fourth-order valence-corrected chi connectivity index (χ4v) is 3.68. The average Bonchev–Trinajstić information content (AvgIpc) is 3.00. The molecule has 1 aromatic carbocycles. The molecule has 2 atom stereocenters. The van der Waals surface area contributed by atoms with E-state index >= 15 is 0 Å². The summed E-state index contributed by atoms with van der Waals surface area (Å²) in [6.07, 6.45) is 8.23. The molecule has 1 aromatic rings. The van der Waals surface area contributed by atoms with Crippen molar-refractivity contribution in [3.05, 3.63) is 29.8 Å². The van der Waals surface area contributed by atoms with Gasteiger partial charge in [0, 0.05) is 31.4 Å². The average molecular weight is 272 g/mol. The summed E-state index contributed by atoms with van der Waals surface area (Å²) in [6, 6.07) is 9.93. The maximum Gasteiger partial charge on any atom is 0.0366 e. The molecule has 2 fully saturated rings. The van der Waals surface area contributed by atoms with Gasteiger partial charge >= 0.3 is 0 Å². The minimum atomic E-state index is 0.733. The second-order valence-corrected chi connectivity index (χ2v) is 6.71. The van der Waals surface area contributed by atoms with Gasteiger partial charge in [0.1, 0.15) is 0 Å². The summed E-state index contributed by atoms with van der Waals surface area (Å²) >= 11 is 0. The summed E-state index contributed by atoms with van der Waals surface area (Å²) in [5.41, 5.74) is 2.82. The van der Waals surface area contributed by atoms with E-state index in [4.69, 9.17) is 0 Å². The summed E-state index contributed by atoms with van der Waals surface area (Å²) in [6.45, 7) is 5.88. The van der Waals surface area contributed by atoms with E-state index in [1.165, 1.54) is 62.9 Å². The lowest BCUT2D eigenvalue weighted by atomic mass is 9.87. The Morgan fingerprint density at radius 2 is 1.80 bits per heavy atom. The van der Waals surface area contributed by atoms with Crippen molar-refractivity contribution in [1.82, 2.24) is 5.32 Å². The highest BCUT2D eigenvalue weighted by Crippen LogP contribution is 2.24. The zero-order chi connectivity index (χ0) is 13.8. The van der Waals surface area contributed by atoms with E-state index in [-0.39, 0.29) is 0 Å². The SMILES string of the molecule is CC1CCCC(NCc2ccc(N3CCCC3)cc2)C1. The van der Waals surface area contributed by atoms with Gasteiger partial charge in [-0.3, -0.25) is 0 Å². The molecule has 2 heteroatoms. The number of hydrogen-bond acceptors (Lipinski definition) is 2. The first-order chi connectivity index (χ1) is 9.81. The van der Waals surface area contributed by atoms with Gasteiger partial charge in [-0.05, 0) is 49.3 Å². The molecular weight excluding hydrogens is 244 g/mol. The monoisotopic (exact) mass is 272 g/mol. The van der Waals surface area contributed by atoms with E-state index in [1.807, 2.05) is 0 Å². The maximum atomic E-state index is 3.74. The van der Waals surface area contributed by atoms with Crippen LogP contribution >= 0.6 is 0 Å². The number of benzene rings is 1. The van der Waals surface area contributed by atoms with E-state index in [0.29, 0.717) is 0 Å². The van der Waals surface area contributed by atoms with Crippen LogP contribution in [0.2, 0.25) is 0 Å². The van der Waals surface area contributed by atoms with Crippen LogP contribution in [0.3, 0.4) is 0 Å². The minimum absolute atomic E-state index is 0.733. The molecule has 2 unspecified atom stereocenters. The molecule has 0 spiro atoms. The first kappa shape index (κ1) is 13.9. The van der Waals surface area contributed by atoms with Crippen molar-refractivity contribution in [3.8, 4) is 0 Å². The molecule has 3 rings (SSSR count). The van der Waals surface area contributed by atoms with E-state index in [2.05, 4.69) is 41.4 Å². The Hall–Kier alpha value is -1.02. The fourth-order valence-electron chi connectivity index (χ4n) is 3.68. The highest BCUT2D eigenvalue weighted by atomic mass is 15.1. The summed E-state index contributed by atoms with van der Waals surface area (Å²) in [4.78, 5) is 2.50. The lowest BCUT2D eigenvalue weighted by molar-refractivity contribution is 0.300. The predicted octanol–water partition coefficient (Wildman–Crippen LogP) is 3.96. The Balaban J connectivity index is 1.50. The molecule has 0 radical (unpaired) electrons. The van der Waals surface area contributed by atoms with Gasteiger partial charge in [-0.15, -0.1) is 0 Å². The van der Waals surface area contributed by atoms with Gasteiger partial charge in [-0.1, -0.05) is 31.9 Å². The summed E-state index contributed by atoms with van der Waals surface area (Å²) in [7, 11) is 0. The summed E-state index contributed by atoms with van der Waals surface area (Å²) < 4.78 is 0. The lowest BCUT2D eigenvalue weighted by Crippen LogP contribution is -2.33. The zero-order valence-electron chi connectivity index (χ0n) is 12.8. The molecule has 2 aliphatic rings. The molecule has 0 bridgehead atoms. The van der Waals surface area contributed by atoms with Crippen LogP contribution in [0.5, 0.6) is 0 Å². The molecule has 1 saturated carbocycles. The molecule has 1 heterocycles. The van der Waals surface area contributed by atoms with Crippen molar-refractivity contribution in [2.45, 2.75) is 58.0 Å². The Morgan fingerprint density at radius 1 is 1.05 bits per heavy atom. The number of hydrogen-bond donors (Lipinski definition) is 1. The first-order valence-corrected chi connectivity index (χ1v) is 8.38. The molecule has 1 aliphatic heterocycles. The van der Waals surface area contributed by atoms with Crippen molar-refractivity contribution in [3.63, 3.8) is 0 Å². The molecule has 1 aliphatic carbocycles.